The van der Waals surface area contributed by atoms with Crippen LogP contribution in [0, 0.1) is 0 Å². The molecule has 0 heterocycles. The summed E-state index contributed by atoms with van der Waals surface area (Å²) in [4.78, 5) is 0. The van der Waals surface area contributed by atoms with E-state index in [0.717, 1.165) is 24.8 Å². The van der Waals surface area contributed by atoms with Gasteiger partial charge in [-0.2, -0.15) is 0 Å². The van der Waals surface area contributed by atoms with Gasteiger partial charge in [-0.05, 0) is 31.0 Å². The molecule has 1 saturated carbocycles. The smallest absolute Gasteiger partial charge is 0.229 e. The molecule has 2 rings (SSSR count). The van der Waals surface area contributed by atoms with E-state index in [1.807, 2.05) is 0 Å². The summed E-state index contributed by atoms with van der Waals surface area (Å²) in [6.45, 7) is 0. The summed E-state index contributed by atoms with van der Waals surface area (Å²) >= 11 is 6.02. The molecule has 0 amide bonds. The fourth-order valence-electron chi connectivity index (χ4n) is 1.90. The van der Waals surface area contributed by atoms with Crippen LogP contribution in [0.3, 0.4) is 0 Å². The second-order valence-electron chi connectivity index (χ2n) is 4.64. The van der Waals surface area contributed by atoms with E-state index in [4.69, 9.17) is 17.3 Å². The highest BCUT2D eigenvalue weighted by Gasteiger charge is 2.25. The Kier molecular flexibility index (Phi) is 3.70. The lowest BCUT2D eigenvalue weighted by atomic mass is 9.87. The van der Waals surface area contributed by atoms with Crippen molar-refractivity contribution in [3.63, 3.8) is 0 Å². The van der Waals surface area contributed by atoms with E-state index in [-0.39, 0.29) is 6.04 Å². The number of benzene rings is 1. The van der Waals surface area contributed by atoms with Gasteiger partial charge in [0.05, 0.1) is 17.0 Å². The predicted octanol–water partition coefficient (Wildman–Crippen LogP) is 1.61. The molecule has 1 fully saturated rings. The Balaban J connectivity index is 2.05. The van der Waals surface area contributed by atoms with Gasteiger partial charge in [0.25, 0.3) is 0 Å². The van der Waals surface area contributed by atoms with Crippen LogP contribution in [0.15, 0.2) is 18.2 Å². The van der Waals surface area contributed by atoms with Crippen LogP contribution < -0.4 is 15.8 Å². The lowest BCUT2D eigenvalue weighted by molar-refractivity contribution is 0.374. The summed E-state index contributed by atoms with van der Waals surface area (Å²) in [5.74, 6) is 0. The Hall–Kier alpha value is -0.980. The van der Waals surface area contributed by atoms with Crippen LogP contribution in [0.4, 0.5) is 11.4 Å². The Morgan fingerprint density at radius 1 is 1.39 bits per heavy atom. The lowest BCUT2D eigenvalue weighted by Crippen LogP contribution is -2.44. The number of nitrogens with one attached hydrogen (secondary N) is 2. The average molecular weight is 290 g/mol. The second-order valence-corrected chi connectivity index (χ2v) is 6.80. The van der Waals surface area contributed by atoms with Gasteiger partial charge in [-0.3, -0.25) is 4.72 Å². The van der Waals surface area contributed by atoms with Gasteiger partial charge >= 0.3 is 0 Å². The van der Waals surface area contributed by atoms with Crippen LogP contribution in [0.2, 0.25) is 5.02 Å². The zero-order chi connectivity index (χ0) is 13.3. The summed E-state index contributed by atoms with van der Waals surface area (Å²) in [6.07, 6.45) is 2.98. The fourth-order valence-corrected chi connectivity index (χ4v) is 2.76. The highest BCUT2D eigenvalue weighted by atomic mass is 35.5. The topological polar surface area (TPSA) is 84.2 Å². The number of sulfonamides is 1. The lowest BCUT2D eigenvalue weighted by Gasteiger charge is -2.33. The summed E-state index contributed by atoms with van der Waals surface area (Å²) in [6, 6.07) is 5.81. The number of halogens is 1. The molecule has 0 saturated heterocycles. The molecule has 100 valence electrons. The third-order valence-corrected chi connectivity index (χ3v) is 3.71. The number of anilines is 2. The van der Waals surface area contributed by atoms with Crippen LogP contribution in [-0.2, 0) is 10.0 Å². The molecule has 5 nitrogen and oxygen atoms in total. The maximum absolute atomic E-state index is 11.1. The SMILES string of the molecule is CS(=O)(=O)Nc1ccc(NC2CC(N)C2)cc1Cl. The highest BCUT2D eigenvalue weighted by molar-refractivity contribution is 7.92. The zero-order valence-electron chi connectivity index (χ0n) is 9.98. The van der Waals surface area contributed by atoms with Gasteiger partial charge in [-0.15, -0.1) is 0 Å². The molecule has 1 aromatic rings. The third-order valence-electron chi connectivity index (χ3n) is 2.81. The van der Waals surface area contributed by atoms with Crippen LogP contribution in [-0.4, -0.2) is 26.8 Å². The van der Waals surface area contributed by atoms with Crippen LogP contribution in [0.25, 0.3) is 0 Å². The van der Waals surface area contributed by atoms with E-state index in [1.165, 1.54) is 0 Å². The summed E-state index contributed by atoms with van der Waals surface area (Å²) < 4.78 is 24.6. The summed E-state index contributed by atoms with van der Waals surface area (Å²) in [5, 5.41) is 3.67. The molecule has 0 aromatic heterocycles. The molecule has 18 heavy (non-hydrogen) atoms. The van der Waals surface area contributed by atoms with E-state index >= 15 is 0 Å². The average Bonchev–Trinajstić information content (AvgIpc) is 2.18. The molecular weight excluding hydrogens is 274 g/mol. The third kappa shape index (κ3) is 3.51. The molecule has 0 radical (unpaired) electrons. The molecular formula is C11H16ClN3O2S. The Labute approximate surface area is 112 Å². The first-order valence-corrected chi connectivity index (χ1v) is 7.90. The number of hydrogen-bond donors (Lipinski definition) is 3. The van der Waals surface area contributed by atoms with Crippen molar-refractivity contribution < 1.29 is 8.42 Å². The molecule has 1 aromatic carbocycles. The van der Waals surface area contributed by atoms with Gasteiger partial charge in [0.1, 0.15) is 0 Å². The van der Waals surface area contributed by atoms with Gasteiger partial charge in [0.15, 0.2) is 0 Å². The van der Waals surface area contributed by atoms with Crippen molar-refractivity contribution in [2.24, 2.45) is 5.73 Å². The monoisotopic (exact) mass is 289 g/mol. The maximum atomic E-state index is 11.1. The molecule has 7 heteroatoms. The van der Waals surface area contributed by atoms with Crippen molar-refractivity contribution in [1.29, 1.82) is 0 Å². The van der Waals surface area contributed by atoms with E-state index in [0.29, 0.717) is 16.8 Å². The maximum Gasteiger partial charge on any atom is 0.229 e. The van der Waals surface area contributed by atoms with Crippen molar-refractivity contribution in [3.8, 4) is 0 Å². The summed E-state index contributed by atoms with van der Waals surface area (Å²) in [5.41, 5.74) is 6.96. The molecule has 0 bridgehead atoms. The van der Waals surface area contributed by atoms with Gasteiger partial charge in [0.2, 0.25) is 10.0 Å². The second kappa shape index (κ2) is 4.95. The largest absolute Gasteiger partial charge is 0.382 e. The Bertz CT molecular complexity index is 541. The molecule has 0 spiro atoms. The minimum atomic E-state index is -3.31. The van der Waals surface area contributed by atoms with E-state index in [1.54, 1.807) is 18.2 Å². The van der Waals surface area contributed by atoms with Crippen molar-refractivity contribution >= 4 is 33.0 Å². The van der Waals surface area contributed by atoms with Gasteiger partial charge in [-0.1, -0.05) is 11.6 Å². The predicted molar refractivity (Wildman–Crippen MR) is 74.5 cm³/mol. The Morgan fingerprint density at radius 2 is 2.06 bits per heavy atom. The van der Waals surface area contributed by atoms with E-state index in [2.05, 4.69) is 10.0 Å². The molecule has 0 unspecified atom stereocenters. The molecule has 4 N–H and O–H groups in total. The van der Waals surface area contributed by atoms with Crippen LogP contribution >= 0.6 is 11.6 Å². The van der Waals surface area contributed by atoms with Gasteiger partial charge < -0.3 is 11.1 Å². The van der Waals surface area contributed by atoms with Gasteiger partial charge in [0, 0.05) is 17.8 Å². The first-order chi connectivity index (χ1) is 8.33. The standard InChI is InChI=1S/C11H16ClN3O2S/c1-18(16,17)15-11-3-2-8(6-10(11)12)14-9-4-7(13)5-9/h2-3,6-7,9,14-15H,4-5,13H2,1H3. The van der Waals surface area contributed by atoms with Crippen molar-refractivity contribution in [2.45, 2.75) is 24.9 Å². The van der Waals surface area contributed by atoms with E-state index < -0.39 is 10.0 Å². The quantitative estimate of drug-likeness (QED) is 0.786. The first-order valence-electron chi connectivity index (χ1n) is 5.63. The molecule has 0 aliphatic heterocycles. The highest BCUT2D eigenvalue weighted by Crippen LogP contribution is 2.29. The van der Waals surface area contributed by atoms with Crippen molar-refractivity contribution in [3.05, 3.63) is 23.2 Å². The summed E-state index contributed by atoms with van der Waals surface area (Å²) in [7, 11) is -3.31. The number of hydrogen-bond acceptors (Lipinski definition) is 4. The Morgan fingerprint density at radius 3 is 2.56 bits per heavy atom. The molecule has 1 aliphatic rings. The van der Waals surface area contributed by atoms with Crippen molar-refractivity contribution in [1.82, 2.24) is 0 Å². The molecule has 1 aliphatic carbocycles. The first kappa shape index (κ1) is 13.5. The zero-order valence-corrected chi connectivity index (χ0v) is 11.6. The van der Waals surface area contributed by atoms with Crippen molar-refractivity contribution in [2.75, 3.05) is 16.3 Å². The normalized spacial score (nSPS) is 23.3. The van der Waals surface area contributed by atoms with E-state index in [9.17, 15) is 8.42 Å². The van der Waals surface area contributed by atoms with Gasteiger partial charge in [-0.25, -0.2) is 8.42 Å². The molecule has 0 atom stereocenters. The minimum absolute atomic E-state index is 0.282. The number of nitrogens with two attached hydrogens (primary N) is 1. The van der Waals surface area contributed by atoms with Crippen LogP contribution in [0.1, 0.15) is 12.8 Å². The minimum Gasteiger partial charge on any atom is -0.382 e. The fraction of sp³-hybridized carbons (Fsp3) is 0.455. The number of rotatable bonds is 4. The van der Waals surface area contributed by atoms with Crippen LogP contribution in [0.5, 0.6) is 0 Å².